The maximum absolute atomic E-state index is 11.3. The summed E-state index contributed by atoms with van der Waals surface area (Å²) in [6.45, 7) is 2.68. The van der Waals surface area contributed by atoms with E-state index in [1.165, 1.54) is 0 Å². The van der Waals surface area contributed by atoms with Crippen LogP contribution in [0.1, 0.15) is 32.1 Å². The number of aryl methyl sites for hydroxylation is 1. The molecule has 1 aromatic heterocycles. The van der Waals surface area contributed by atoms with Crippen LogP contribution in [0.2, 0.25) is 0 Å². The number of imidazole rings is 1. The molecule has 1 fully saturated rings. The van der Waals surface area contributed by atoms with Gasteiger partial charge in [-0.2, -0.15) is 0 Å². The smallest absolute Gasteiger partial charge is 0.320 e. The van der Waals surface area contributed by atoms with Crippen molar-refractivity contribution in [3.63, 3.8) is 0 Å². The summed E-state index contributed by atoms with van der Waals surface area (Å²) in [5.74, 6) is -0.667. The third kappa shape index (κ3) is 3.57. The van der Waals surface area contributed by atoms with Gasteiger partial charge in [-0.15, -0.1) is 0 Å². The van der Waals surface area contributed by atoms with Crippen molar-refractivity contribution in [3.05, 3.63) is 18.7 Å². The summed E-state index contributed by atoms with van der Waals surface area (Å²) in [7, 11) is 0. The number of carboxylic acids is 1. The topological polar surface area (TPSA) is 58.4 Å². The Balaban J connectivity index is 1.82. The van der Waals surface area contributed by atoms with E-state index in [4.69, 9.17) is 0 Å². The number of aliphatic carboxylic acids is 1. The molecule has 0 aliphatic carbocycles. The summed E-state index contributed by atoms with van der Waals surface area (Å²) in [5, 5.41) is 9.26. The van der Waals surface area contributed by atoms with Gasteiger partial charge < -0.3 is 9.67 Å². The highest BCUT2D eigenvalue weighted by Gasteiger charge is 2.26. The number of carbonyl (C=O) groups is 1. The van der Waals surface area contributed by atoms with E-state index in [1.807, 2.05) is 10.8 Å². The van der Waals surface area contributed by atoms with Crippen LogP contribution in [-0.4, -0.2) is 44.7 Å². The van der Waals surface area contributed by atoms with Crippen molar-refractivity contribution in [2.75, 3.05) is 13.1 Å². The van der Waals surface area contributed by atoms with Crippen molar-refractivity contribution < 1.29 is 9.90 Å². The van der Waals surface area contributed by atoms with Crippen LogP contribution in [0.5, 0.6) is 0 Å². The lowest BCUT2D eigenvalue weighted by atomic mass is 10.1. The molecule has 1 atom stereocenters. The third-order valence-corrected chi connectivity index (χ3v) is 3.57. The van der Waals surface area contributed by atoms with Crippen LogP contribution in [0, 0.1) is 0 Å². The third-order valence-electron chi connectivity index (χ3n) is 3.57. The minimum absolute atomic E-state index is 0.282. The van der Waals surface area contributed by atoms with Crippen LogP contribution in [0.25, 0.3) is 0 Å². The molecule has 100 valence electrons. The first-order valence-corrected chi connectivity index (χ1v) is 6.70. The molecule has 18 heavy (non-hydrogen) atoms. The molecule has 0 aromatic carbocycles. The predicted molar refractivity (Wildman–Crippen MR) is 68.3 cm³/mol. The molecule has 0 radical (unpaired) electrons. The maximum atomic E-state index is 11.3. The van der Waals surface area contributed by atoms with Gasteiger partial charge in [0.05, 0.1) is 6.33 Å². The first kappa shape index (κ1) is 13.1. The van der Waals surface area contributed by atoms with Crippen LogP contribution in [0.3, 0.4) is 0 Å². The fourth-order valence-electron chi connectivity index (χ4n) is 2.59. The fraction of sp³-hybridized carbons (Fsp3) is 0.692. The Morgan fingerprint density at radius 3 is 2.94 bits per heavy atom. The lowest BCUT2D eigenvalue weighted by Crippen LogP contribution is -2.41. The van der Waals surface area contributed by atoms with Gasteiger partial charge in [-0.25, -0.2) is 4.98 Å². The Kier molecular flexibility index (Phi) is 4.75. The molecule has 2 heterocycles. The molecule has 1 aliphatic rings. The second kappa shape index (κ2) is 6.54. The molecular weight excluding hydrogens is 230 g/mol. The molecule has 2 rings (SSSR count). The molecule has 5 nitrogen and oxygen atoms in total. The maximum Gasteiger partial charge on any atom is 0.320 e. The summed E-state index contributed by atoms with van der Waals surface area (Å²) < 4.78 is 2.04. The van der Waals surface area contributed by atoms with Gasteiger partial charge in [-0.05, 0) is 25.8 Å². The van der Waals surface area contributed by atoms with Crippen molar-refractivity contribution >= 4 is 5.97 Å². The molecule has 0 amide bonds. The summed E-state index contributed by atoms with van der Waals surface area (Å²) in [5.41, 5.74) is 0. The minimum atomic E-state index is -0.667. The van der Waals surface area contributed by atoms with Gasteiger partial charge in [0.15, 0.2) is 0 Å². The first-order chi connectivity index (χ1) is 8.77. The summed E-state index contributed by atoms with van der Waals surface area (Å²) >= 11 is 0. The molecule has 0 saturated carbocycles. The van der Waals surface area contributed by atoms with Crippen molar-refractivity contribution in [2.45, 2.75) is 44.7 Å². The molecule has 1 aliphatic heterocycles. The number of hydrogen-bond donors (Lipinski definition) is 1. The van der Waals surface area contributed by atoms with Gasteiger partial charge in [0.2, 0.25) is 0 Å². The van der Waals surface area contributed by atoms with E-state index in [9.17, 15) is 9.90 Å². The summed E-state index contributed by atoms with van der Waals surface area (Å²) in [6, 6.07) is -0.282. The Bertz CT molecular complexity index is 364. The van der Waals surface area contributed by atoms with Crippen molar-refractivity contribution in [3.8, 4) is 0 Å². The van der Waals surface area contributed by atoms with Crippen LogP contribution < -0.4 is 0 Å². The molecule has 5 heteroatoms. The van der Waals surface area contributed by atoms with Gasteiger partial charge >= 0.3 is 5.97 Å². The molecular formula is C13H21N3O2. The second-order valence-corrected chi connectivity index (χ2v) is 4.89. The van der Waals surface area contributed by atoms with Crippen LogP contribution in [0.15, 0.2) is 18.7 Å². The van der Waals surface area contributed by atoms with Crippen molar-refractivity contribution in [2.24, 2.45) is 0 Å². The number of nitrogens with zero attached hydrogens (tertiary/aromatic N) is 3. The van der Waals surface area contributed by atoms with E-state index in [-0.39, 0.29) is 6.04 Å². The van der Waals surface area contributed by atoms with E-state index in [0.717, 1.165) is 51.7 Å². The standard InChI is InChI=1S/C13H21N3O2/c17-13(18)12-5-2-1-3-8-16(12)9-4-7-15-10-6-14-11-15/h6,10-12H,1-5,7-9H2,(H,17,18). The average Bonchev–Trinajstić information content (AvgIpc) is 2.73. The molecule has 1 unspecified atom stereocenters. The molecule has 1 saturated heterocycles. The average molecular weight is 251 g/mol. The number of rotatable bonds is 5. The highest BCUT2D eigenvalue weighted by molar-refractivity contribution is 5.73. The zero-order chi connectivity index (χ0) is 12.8. The predicted octanol–water partition coefficient (Wildman–Crippen LogP) is 1.60. The molecule has 1 aromatic rings. The van der Waals surface area contributed by atoms with Gasteiger partial charge in [-0.1, -0.05) is 12.8 Å². The Hall–Kier alpha value is -1.36. The second-order valence-electron chi connectivity index (χ2n) is 4.89. The summed E-state index contributed by atoms with van der Waals surface area (Å²) in [6.07, 6.45) is 10.6. The first-order valence-electron chi connectivity index (χ1n) is 6.70. The number of hydrogen-bond acceptors (Lipinski definition) is 3. The highest BCUT2D eigenvalue weighted by atomic mass is 16.4. The Morgan fingerprint density at radius 1 is 1.33 bits per heavy atom. The van der Waals surface area contributed by atoms with Crippen LogP contribution >= 0.6 is 0 Å². The largest absolute Gasteiger partial charge is 0.480 e. The van der Waals surface area contributed by atoms with E-state index < -0.39 is 5.97 Å². The number of likely N-dealkylation sites (tertiary alicyclic amines) is 1. The fourth-order valence-corrected chi connectivity index (χ4v) is 2.59. The lowest BCUT2D eigenvalue weighted by molar-refractivity contribution is -0.143. The Morgan fingerprint density at radius 2 is 2.22 bits per heavy atom. The van der Waals surface area contributed by atoms with E-state index in [2.05, 4.69) is 9.88 Å². The summed E-state index contributed by atoms with van der Waals surface area (Å²) in [4.78, 5) is 17.4. The molecule has 0 bridgehead atoms. The molecule has 0 spiro atoms. The normalized spacial score (nSPS) is 21.7. The van der Waals surface area contributed by atoms with Crippen molar-refractivity contribution in [1.29, 1.82) is 0 Å². The number of aromatic nitrogens is 2. The van der Waals surface area contributed by atoms with Crippen molar-refractivity contribution in [1.82, 2.24) is 14.5 Å². The van der Waals surface area contributed by atoms with E-state index in [0.29, 0.717) is 0 Å². The van der Waals surface area contributed by atoms with Gasteiger partial charge in [-0.3, -0.25) is 9.69 Å². The van der Waals surface area contributed by atoms with Gasteiger partial charge in [0, 0.05) is 25.5 Å². The SMILES string of the molecule is O=C(O)C1CCCCCN1CCCn1ccnc1. The monoisotopic (exact) mass is 251 g/mol. The van der Waals surface area contributed by atoms with E-state index >= 15 is 0 Å². The van der Waals surface area contributed by atoms with Gasteiger partial charge in [0.25, 0.3) is 0 Å². The van der Waals surface area contributed by atoms with E-state index in [1.54, 1.807) is 12.5 Å². The zero-order valence-corrected chi connectivity index (χ0v) is 10.7. The van der Waals surface area contributed by atoms with Crippen LogP contribution in [-0.2, 0) is 11.3 Å². The van der Waals surface area contributed by atoms with Gasteiger partial charge in [0.1, 0.15) is 6.04 Å². The minimum Gasteiger partial charge on any atom is -0.480 e. The number of carboxylic acid groups (broad SMARTS) is 1. The molecule has 1 N–H and O–H groups in total. The quantitative estimate of drug-likeness (QED) is 0.863. The lowest BCUT2D eigenvalue weighted by Gasteiger charge is -2.26. The highest BCUT2D eigenvalue weighted by Crippen LogP contribution is 2.17. The van der Waals surface area contributed by atoms with Crippen LogP contribution in [0.4, 0.5) is 0 Å². The Labute approximate surface area is 107 Å². The zero-order valence-electron chi connectivity index (χ0n) is 10.7.